The summed E-state index contributed by atoms with van der Waals surface area (Å²) in [4.78, 5) is 12.2. The lowest BCUT2D eigenvalue weighted by atomic mass is 10.1. The van der Waals surface area contributed by atoms with Gasteiger partial charge in [-0.3, -0.25) is 0 Å². The first kappa shape index (κ1) is 16.2. The number of benzene rings is 2. The van der Waals surface area contributed by atoms with Crippen molar-refractivity contribution in [2.45, 2.75) is 16.8 Å². The maximum absolute atomic E-state index is 6.27. The highest BCUT2D eigenvalue weighted by Crippen LogP contribution is 2.28. The Bertz CT molecular complexity index is 753. The van der Waals surface area contributed by atoms with Crippen LogP contribution in [-0.4, -0.2) is 20.4 Å². The Balaban J connectivity index is 1.79. The fourth-order valence-electron chi connectivity index (χ4n) is 1.99. The van der Waals surface area contributed by atoms with Gasteiger partial charge in [0.15, 0.2) is 11.8 Å². The molecule has 0 aliphatic heterocycles. The van der Waals surface area contributed by atoms with Crippen molar-refractivity contribution in [1.82, 2.24) is 14.9 Å². The molecule has 0 fully saturated rings. The van der Waals surface area contributed by atoms with Crippen molar-refractivity contribution >= 4 is 35.0 Å². The van der Waals surface area contributed by atoms with E-state index >= 15 is 0 Å². The number of halogens is 2. The van der Waals surface area contributed by atoms with Crippen molar-refractivity contribution in [2.75, 3.05) is 0 Å². The van der Waals surface area contributed by atoms with Crippen LogP contribution in [0.4, 0.5) is 0 Å². The molecule has 0 amide bonds. The van der Waals surface area contributed by atoms with Crippen molar-refractivity contribution in [3.05, 3.63) is 76.8 Å². The predicted molar refractivity (Wildman–Crippen MR) is 92.9 cm³/mol. The second-order valence-corrected chi connectivity index (χ2v) is 6.78. The van der Waals surface area contributed by atoms with Crippen molar-refractivity contribution in [3.63, 3.8) is 0 Å². The van der Waals surface area contributed by atoms with E-state index in [9.17, 15) is 0 Å². The van der Waals surface area contributed by atoms with Crippen LogP contribution in [0, 0.1) is 0 Å². The molecule has 23 heavy (non-hydrogen) atoms. The Labute approximate surface area is 148 Å². The highest BCUT2D eigenvalue weighted by molar-refractivity contribution is 7.99. The van der Waals surface area contributed by atoms with Crippen molar-refractivity contribution in [1.29, 1.82) is 0 Å². The minimum Gasteiger partial charge on any atom is -0.380 e. The quantitative estimate of drug-likeness (QED) is 0.480. The molecule has 3 aromatic rings. The van der Waals surface area contributed by atoms with Crippen LogP contribution in [0.15, 0.2) is 66.1 Å². The van der Waals surface area contributed by atoms with Gasteiger partial charge in [0.05, 0.1) is 0 Å². The number of hydrogen-bond donors (Lipinski definition) is 0. The van der Waals surface area contributed by atoms with Gasteiger partial charge in [0, 0.05) is 21.4 Å². The smallest absolute Gasteiger partial charge is 0.181 e. The molecular weight excluding hydrogens is 353 g/mol. The topological polar surface area (TPSA) is 39.9 Å². The summed E-state index contributed by atoms with van der Waals surface area (Å²) in [7, 11) is 0. The molecule has 0 spiro atoms. The molecule has 7 heteroatoms. The number of hydrogen-bond acceptors (Lipinski definition) is 4. The van der Waals surface area contributed by atoms with E-state index in [-0.39, 0.29) is 5.44 Å². The van der Waals surface area contributed by atoms with Crippen LogP contribution in [0.25, 0.3) is 0 Å². The summed E-state index contributed by atoms with van der Waals surface area (Å²) in [5.41, 5.74) is 0.752. The number of aromatic nitrogens is 3. The molecular formula is C16H13Cl2N3OS. The van der Waals surface area contributed by atoms with E-state index in [1.807, 2.05) is 42.5 Å². The second kappa shape index (κ2) is 7.73. The molecule has 0 N–H and O–H groups in total. The van der Waals surface area contributed by atoms with Gasteiger partial charge in [-0.1, -0.05) is 64.1 Å². The Morgan fingerprint density at radius 3 is 2.65 bits per heavy atom. The molecule has 118 valence electrons. The van der Waals surface area contributed by atoms with Crippen LogP contribution in [0.1, 0.15) is 5.56 Å². The molecule has 3 rings (SSSR count). The highest BCUT2D eigenvalue weighted by Gasteiger charge is 2.16. The molecule has 1 unspecified atom stereocenters. The van der Waals surface area contributed by atoms with Crippen LogP contribution in [0.5, 0.6) is 0 Å². The minimum absolute atomic E-state index is 0.210. The zero-order valence-corrected chi connectivity index (χ0v) is 14.3. The summed E-state index contributed by atoms with van der Waals surface area (Å²) in [5.74, 6) is 0. The Morgan fingerprint density at radius 2 is 1.96 bits per heavy atom. The van der Waals surface area contributed by atoms with Gasteiger partial charge in [-0.25, -0.2) is 4.98 Å². The molecule has 1 heterocycles. The molecule has 0 bridgehead atoms. The van der Waals surface area contributed by atoms with Crippen LogP contribution in [0.3, 0.4) is 0 Å². The molecule has 4 nitrogen and oxygen atoms in total. The third kappa shape index (κ3) is 4.64. The Hall–Kier alpha value is -1.69. The van der Waals surface area contributed by atoms with Gasteiger partial charge in [0.25, 0.3) is 0 Å². The van der Waals surface area contributed by atoms with Gasteiger partial charge in [-0.15, -0.1) is 5.10 Å². The van der Waals surface area contributed by atoms with E-state index in [4.69, 9.17) is 28.0 Å². The zero-order chi connectivity index (χ0) is 16.1. The first-order valence-electron chi connectivity index (χ1n) is 6.88. The number of rotatable bonds is 6. The van der Waals surface area contributed by atoms with Crippen LogP contribution < -0.4 is 4.84 Å². The maximum atomic E-state index is 6.27. The van der Waals surface area contributed by atoms with Gasteiger partial charge < -0.3 is 4.84 Å². The van der Waals surface area contributed by atoms with Crippen LogP contribution in [-0.2, 0) is 6.42 Å². The van der Waals surface area contributed by atoms with E-state index < -0.39 is 0 Å². The molecule has 0 saturated carbocycles. The van der Waals surface area contributed by atoms with Crippen molar-refractivity contribution in [2.24, 2.45) is 0 Å². The van der Waals surface area contributed by atoms with E-state index in [0.29, 0.717) is 16.5 Å². The standard InChI is InChI=1S/C16H13Cl2N3OS/c17-13-7-6-12(15(18)9-13)8-16(22-21-11-19-10-20-21)23-14-4-2-1-3-5-14/h1-7,9-11,16H,8H2. The normalized spacial score (nSPS) is 12.1. The van der Waals surface area contributed by atoms with Gasteiger partial charge in [-0.2, -0.15) is 0 Å². The first-order valence-corrected chi connectivity index (χ1v) is 8.51. The lowest BCUT2D eigenvalue weighted by Crippen LogP contribution is -2.25. The van der Waals surface area contributed by atoms with Crippen LogP contribution in [0.2, 0.25) is 10.0 Å². The second-order valence-electron chi connectivity index (χ2n) is 4.70. The average molecular weight is 366 g/mol. The molecule has 0 saturated heterocycles. The fourth-order valence-corrected chi connectivity index (χ4v) is 3.49. The molecule has 1 aromatic heterocycles. The minimum atomic E-state index is -0.210. The van der Waals surface area contributed by atoms with Crippen LogP contribution >= 0.6 is 35.0 Å². The third-order valence-corrected chi connectivity index (χ3v) is 4.68. The van der Waals surface area contributed by atoms with Crippen molar-refractivity contribution in [3.8, 4) is 0 Å². The summed E-state index contributed by atoms with van der Waals surface area (Å²) in [6.45, 7) is 0. The third-order valence-electron chi connectivity index (χ3n) is 3.04. The molecule has 0 aliphatic rings. The highest BCUT2D eigenvalue weighted by atomic mass is 35.5. The number of nitrogens with zero attached hydrogens (tertiary/aromatic N) is 3. The monoisotopic (exact) mass is 365 g/mol. The largest absolute Gasteiger partial charge is 0.380 e. The van der Waals surface area contributed by atoms with E-state index in [1.165, 1.54) is 17.5 Å². The molecule has 0 radical (unpaired) electrons. The summed E-state index contributed by atoms with van der Waals surface area (Å²) in [6, 6.07) is 15.5. The summed E-state index contributed by atoms with van der Waals surface area (Å²) in [6.07, 6.45) is 3.55. The number of thioether (sulfide) groups is 1. The van der Waals surface area contributed by atoms with Gasteiger partial charge in [-0.05, 0) is 29.8 Å². The maximum Gasteiger partial charge on any atom is 0.181 e. The van der Waals surface area contributed by atoms with Crippen molar-refractivity contribution < 1.29 is 4.84 Å². The molecule has 2 aromatic carbocycles. The van der Waals surface area contributed by atoms with E-state index in [2.05, 4.69) is 10.1 Å². The average Bonchev–Trinajstić information content (AvgIpc) is 3.04. The first-order chi connectivity index (χ1) is 11.2. The predicted octanol–water partition coefficient (Wildman–Crippen LogP) is 4.37. The van der Waals surface area contributed by atoms with E-state index in [1.54, 1.807) is 17.8 Å². The lowest BCUT2D eigenvalue weighted by Gasteiger charge is -2.18. The summed E-state index contributed by atoms with van der Waals surface area (Å²) >= 11 is 13.8. The van der Waals surface area contributed by atoms with Gasteiger partial charge in [0.2, 0.25) is 0 Å². The summed E-state index contributed by atoms with van der Waals surface area (Å²) < 4.78 is 0. The Kier molecular flexibility index (Phi) is 5.43. The Morgan fingerprint density at radius 1 is 1.13 bits per heavy atom. The van der Waals surface area contributed by atoms with E-state index in [0.717, 1.165) is 10.5 Å². The molecule has 1 atom stereocenters. The fraction of sp³-hybridized carbons (Fsp3) is 0.125. The molecule has 0 aliphatic carbocycles. The van der Waals surface area contributed by atoms with Gasteiger partial charge in [0.1, 0.15) is 6.33 Å². The SMILES string of the molecule is Clc1ccc(CC(On2cncn2)Sc2ccccc2)c(Cl)c1. The zero-order valence-electron chi connectivity index (χ0n) is 12.0. The lowest BCUT2D eigenvalue weighted by molar-refractivity contribution is 0.0636. The summed E-state index contributed by atoms with van der Waals surface area (Å²) in [5, 5.41) is 5.23. The van der Waals surface area contributed by atoms with Gasteiger partial charge >= 0.3 is 0 Å².